The van der Waals surface area contributed by atoms with Crippen LogP contribution in [0.1, 0.15) is 29.1 Å². The first-order valence-electron chi connectivity index (χ1n) is 10.3. The van der Waals surface area contributed by atoms with Crippen molar-refractivity contribution in [3.8, 4) is 10.6 Å². The number of hydrogen-bond acceptors (Lipinski definition) is 7. The van der Waals surface area contributed by atoms with Gasteiger partial charge in [-0.1, -0.05) is 0 Å². The summed E-state index contributed by atoms with van der Waals surface area (Å²) >= 11 is 1.84. The Bertz CT molecular complexity index is 1210. The molecule has 4 aromatic rings. The van der Waals surface area contributed by atoms with Gasteiger partial charge in [-0.25, -0.2) is 9.97 Å². The lowest BCUT2D eigenvalue weighted by atomic mass is 9.82. The van der Waals surface area contributed by atoms with Crippen molar-refractivity contribution in [3.63, 3.8) is 0 Å². The molecule has 2 aliphatic rings. The normalized spacial score (nSPS) is 18.1. The van der Waals surface area contributed by atoms with E-state index in [1.807, 2.05) is 36.7 Å². The van der Waals surface area contributed by atoms with E-state index in [0.717, 1.165) is 67.3 Å². The molecule has 0 unspecified atom stereocenters. The van der Waals surface area contributed by atoms with Gasteiger partial charge in [-0.05, 0) is 37.5 Å². The van der Waals surface area contributed by atoms with Crippen LogP contribution in [0.5, 0.6) is 0 Å². The molecule has 6 rings (SSSR count). The average Bonchev–Trinajstić information content (AvgIpc) is 3.42. The van der Waals surface area contributed by atoms with Gasteiger partial charge in [0.25, 0.3) is 0 Å². The van der Waals surface area contributed by atoms with Crippen LogP contribution in [0.15, 0.2) is 36.9 Å². The minimum Gasteiger partial charge on any atom is -0.370 e. The number of H-pyrrole nitrogens is 1. The van der Waals surface area contributed by atoms with E-state index < -0.39 is 0 Å². The zero-order valence-corrected chi connectivity index (χ0v) is 17.6. The zero-order chi connectivity index (χ0) is 20.1. The highest BCUT2D eigenvalue weighted by Gasteiger charge is 2.42. The molecule has 0 radical (unpaired) electrons. The Morgan fingerprint density at radius 3 is 2.93 bits per heavy atom. The summed E-state index contributed by atoms with van der Waals surface area (Å²) in [4.78, 5) is 26.3. The van der Waals surface area contributed by atoms with E-state index in [-0.39, 0.29) is 5.60 Å². The fourth-order valence-corrected chi connectivity index (χ4v) is 5.93. The van der Waals surface area contributed by atoms with Crippen LogP contribution < -0.4 is 4.90 Å². The fourth-order valence-electron chi connectivity index (χ4n) is 4.73. The van der Waals surface area contributed by atoms with Crippen molar-refractivity contribution in [2.24, 2.45) is 0 Å². The maximum atomic E-state index is 6.47. The second-order valence-corrected chi connectivity index (χ2v) is 9.09. The molecule has 0 amide bonds. The third kappa shape index (κ3) is 2.82. The number of nitrogens with one attached hydrogen (secondary N) is 1. The minimum absolute atomic E-state index is 0.210. The molecule has 2 aliphatic heterocycles. The summed E-state index contributed by atoms with van der Waals surface area (Å²) in [5.41, 5.74) is 4.07. The van der Waals surface area contributed by atoms with E-state index >= 15 is 0 Å². The summed E-state index contributed by atoms with van der Waals surface area (Å²) in [5, 5.41) is 0. The molecule has 4 aromatic heterocycles. The maximum Gasteiger partial charge on any atom is 0.156 e. The van der Waals surface area contributed by atoms with Gasteiger partial charge in [0.15, 0.2) is 5.82 Å². The second kappa shape index (κ2) is 6.85. The van der Waals surface area contributed by atoms with Gasteiger partial charge in [-0.15, -0.1) is 11.3 Å². The third-order valence-electron chi connectivity index (χ3n) is 6.19. The molecule has 0 atom stereocenters. The molecule has 6 heterocycles. The molecular formula is C22H22N6OS. The number of thiophene rings is 1. The Hall–Kier alpha value is -2.84. The first-order valence-corrected chi connectivity index (χ1v) is 11.1. The molecule has 0 aromatic carbocycles. The summed E-state index contributed by atoms with van der Waals surface area (Å²) in [6, 6.07) is 4.30. The number of rotatable bonds is 2. The van der Waals surface area contributed by atoms with Crippen LogP contribution in [0.2, 0.25) is 0 Å². The van der Waals surface area contributed by atoms with E-state index in [1.165, 1.54) is 15.3 Å². The van der Waals surface area contributed by atoms with Gasteiger partial charge >= 0.3 is 0 Å². The van der Waals surface area contributed by atoms with Crippen molar-refractivity contribution in [1.82, 2.24) is 24.9 Å². The Morgan fingerprint density at radius 1 is 1.20 bits per heavy atom. The van der Waals surface area contributed by atoms with E-state index in [9.17, 15) is 0 Å². The summed E-state index contributed by atoms with van der Waals surface area (Å²) in [6.07, 6.45) is 10.1. The molecule has 30 heavy (non-hydrogen) atoms. The van der Waals surface area contributed by atoms with Crippen LogP contribution in [-0.2, 0) is 16.8 Å². The molecule has 1 fully saturated rings. The van der Waals surface area contributed by atoms with Crippen LogP contribution >= 0.6 is 11.3 Å². The largest absolute Gasteiger partial charge is 0.370 e. The Balaban J connectivity index is 1.31. The van der Waals surface area contributed by atoms with Crippen LogP contribution in [0, 0.1) is 6.92 Å². The highest BCUT2D eigenvalue weighted by atomic mass is 32.1. The molecular weight excluding hydrogens is 396 g/mol. The lowest BCUT2D eigenvalue weighted by molar-refractivity contribution is -0.0756. The smallest absolute Gasteiger partial charge is 0.156 e. The molecule has 0 aliphatic carbocycles. The van der Waals surface area contributed by atoms with Crippen molar-refractivity contribution < 1.29 is 4.74 Å². The van der Waals surface area contributed by atoms with Gasteiger partial charge in [0.05, 0.1) is 34.5 Å². The van der Waals surface area contributed by atoms with Crippen LogP contribution in [0.3, 0.4) is 0 Å². The third-order valence-corrected chi connectivity index (χ3v) is 7.41. The first kappa shape index (κ1) is 18.0. The SMILES string of the molecule is Cc1nc(N2CCC3(CC2)OCCc2sc(-c4cnccn4)cc23)c2[nH]ccc2n1. The minimum atomic E-state index is -0.210. The molecule has 152 valence electrons. The Labute approximate surface area is 178 Å². The summed E-state index contributed by atoms with van der Waals surface area (Å²) in [5.74, 6) is 1.80. The predicted octanol–water partition coefficient (Wildman–Crippen LogP) is 3.85. The standard InChI is InChI=1S/C22H22N6OS/c1-14-26-16-2-6-25-20(16)21(27-14)28-9-4-22(5-10-28)15-12-19(17-13-23-7-8-24-17)30-18(15)3-11-29-22/h2,6-8,12-13,25H,3-5,9-11H2,1H3. The van der Waals surface area contributed by atoms with Crippen LogP contribution in [0.25, 0.3) is 21.6 Å². The van der Waals surface area contributed by atoms with Crippen molar-refractivity contribution >= 4 is 28.2 Å². The van der Waals surface area contributed by atoms with Crippen molar-refractivity contribution in [1.29, 1.82) is 0 Å². The van der Waals surface area contributed by atoms with E-state index in [4.69, 9.17) is 9.72 Å². The fraction of sp³-hybridized carbons (Fsp3) is 0.364. The molecule has 1 saturated heterocycles. The zero-order valence-electron chi connectivity index (χ0n) is 16.8. The topological polar surface area (TPSA) is 79.8 Å². The summed E-state index contributed by atoms with van der Waals surface area (Å²) in [6.45, 7) is 4.54. The quantitative estimate of drug-likeness (QED) is 0.533. The second-order valence-electron chi connectivity index (χ2n) is 7.95. The number of piperidine rings is 1. The lowest BCUT2D eigenvalue weighted by Gasteiger charge is -2.44. The molecule has 8 heteroatoms. The molecule has 1 N–H and O–H groups in total. The molecule has 0 saturated carbocycles. The first-order chi connectivity index (χ1) is 14.7. The maximum absolute atomic E-state index is 6.47. The number of aromatic nitrogens is 5. The average molecular weight is 419 g/mol. The summed E-state index contributed by atoms with van der Waals surface area (Å²) in [7, 11) is 0. The van der Waals surface area contributed by atoms with Gasteiger partial charge in [-0.3, -0.25) is 9.97 Å². The lowest BCUT2D eigenvalue weighted by Crippen LogP contribution is -2.46. The highest BCUT2D eigenvalue weighted by Crippen LogP contribution is 2.47. The van der Waals surface area contributed by atoms with E-state index in [0.29, 0.717) is 0 Å². The number of fused-ring (bicyclic) bond motifs is 3. The van der Waals surface area contributed by atoms with E-state index in [1.54, 1.807) is 12.4 Å². The van der Waals surface area contributed by atoms with Gasteiger partial charge in [0, 0.05) is 43.0 Å². The Morgan fingerprint density at radius 2 is 2.10 bits per heavy atom. The van der Waals surface area contributed by atoms with Gasteiger partial charge in [0.1, 0.15) is 11.3 Å². The predicted molar refractivity (Wildman–Crippen MR) is 117 cm³/mol. The number of hydrogen-bond donors (Lipinski definition) is 1. The Kier molecular flexibility index (Phi) is 4.10. The number of aryl methyl sites for hydroxylation is 1. The van der Waals surface area contributed by atoms with Gasteiger partial charge in [-0.2, -0.15) is 0 Å². The highest BCUT2D eigenvalue weighted by molar-refractivity contribution is 7.15. The molecule has 0 bridgehead atoms. The van der Waals surface area contributed by atoms with Crippen molar-refractivity contribution in [2.75, 3.05) is 24.6 Å². The monoisotopic (exact) mass is 418 g/mol. The number of nitrogens with zero attached hydrogens (tertiary/aromatic N) is 5. The number of anilines is 1. The van der Waals surface area contributed by atoms with Crippen molar-refractivity contribution in [2.45, 2.75) is 31.8 Å². The van der Waals surface area contributed by atoms with Gasteiger partial charge in [0.2, 0.25) is 0 Å². The number of aromatic amines is 1. The van der Waals surface area contributed by atoms with Crippen LogP contribution in [0.4, 0.5) is 5.82 Å². The van der Waals surface area contributed by atoms with Gasteiger partial charge < -0.3 is 14.6 Å². The van der Waals surface area contributed by atoms with E-state index in [2.05, 4.69) is 30.9 Å². The summed E-state index contributed by atoms with van der Waals surface area (Å²) < 4.78 is 6.47. The van der Waals surface area contributed by atoms with Crippen molar-refractivity contribution in [3.05, 3.63) is 53.2 Å². The number of ether oxygens (including phenoxy) is 1. The molecule has 7 nitrogen and oxygen atoms in total. The molecule has 1 spiro atoms. The van der Waals surface area contributed by atoms with Crippen LogP contribution in [-0.4, -0.2) is 44.6 Å².